The van der Waals surface area contributed by atoms with Crippen molar-refractivity contribution in [3.63, 3.8) is 0 Å². The first-order valence-corrected chi connectivity index (χ1v) is 8.64. The first kappa shape index (κ1) is 16.8. The summed E-state index contributed by atoms with van der Waals surface area (Å²) in [6.45, 7) is 6.77. The third-order valence-corrected chi connectivity index (χ3v) is 4.65. The van der Waals surface area contributed by atoms with Crippen molar-refractivity contribution in [1.82, 2.24) is 10.1 Å². The molecule has 2 amide bonds. The number of nitrogens with one attached hydrogen (secondary N) is 1. The lowest BCUT2D eigenvalue weighted by Crippen LogP contribution is -2.34. The van der Waals surface area contributed by atoms with Crippen LogP contribution >= 0.6 is 11.6 Å². The predicted molar refractivity (Wildman–Crippen MR) is 94.5 cm³/mol. The number of hydrogen-bond acceptors (Lipinski definition) is 3. The van der Waals surface area contributed by atoms with Gasteiger partial charge in [-0.15, -0.1) is 0 Å². The van der Waals surface area contributed by atoms with Crippen LogP contribution in [0.1, 0.15) is 55.7 Å². The van der Waals surface area contributed by atoms with E-state index < -0.39 is 0 Å². The van der Waals surface area contributed by atoms with Crippen molar-refractivity contribution in [3.8, 4) is 0 Å². The summed E-state index contributed by atoms with van der Waals surface area (Å²) in [6, 6.07) is 7.27. The molecule has 1 saturated heterocycles. The second kappa shape index (κ2) is 6.85. The van der Waals surface area contributed by atoms with Crippen molar-refractivity contribution in [2.75, 3.05) is 11.9 Å². The summed E-state index contributed by atoms with van der Waals surface area (Å²) in [4.78, 5) is 14.5. The number of nitrogens with zero attached hydrogens (tertiary/aromatic N) is 2. The molecule has 128 valence electrons. The van der Waals surface area contributed by atoms with Crippen molar-refractivity contribution in [1.29, 1.82) is 0 Å². The number of urea groups is 1. The van der Waals surface area contributed by atoms with Gasteiger partial charge in [-0.3, -0.25) is 0 Å². The number of benzene rings is 1. The molecule has 0 aliphatic carbocycles. The summed E-state index contributed by atoms with van der Waals surface area (Å²) >= 11 is 6.03. The number of carbonyl (C=O) groups excluding carboxylic acids is 1. The molecular formula is C18H22ClN3O2. The van der Waals surface area contributed by atoms with Crippen LogP contribution in [0, 0.1) is 6.92 Å². The SMILES string of the molecule is Cc1ccc(Cl)cc1NC(=O)N1CCC[C@@H]1c1cc(C(C)C)on1. The average Bonchev–Trinajstić information content (AvgIpc) is 3.18. The van der Waals surface area contributed by atoms with E-state index in [-0.39, 0.29) is 18.0 Å². The Balaban J connectivity index is 1.77. The molecule has 2 aromatic rings. The standard InChI is InChI=1S/C18H22ClN3O2/c1-11(2)17-10-15(21-24-17)16-5-4-8-22(16)18(23)20-14-9-13(19)7-6-12(14)3/h6-7,9-11,16H,4-5,8H2,1-3H3,(H,20,23)/t16-/m1/s1. The molecule has 1 aliphatic rings. The highest BCUT2D eigenvalue weighted by Crippen LogP contribution is 2.33. The lowest BCUT2D eigenvalue weighted by Gasteiger charge is -2.23. The Morgan fingerprint density at radius 1 is 1.42 bits per heavy atom. The van der Waals surface area contributed by atoms with Gasteiger partial charge in [0.25, 0.3) is 0 Å². The van der Waals surface area contributed by atoms with Gasteiger partial charge in [-0.1, -0.05) is 36.7 Å². The molecule has 0 saturated carbocycles. The monoisotopic (exact) mass is 347 g/mol. The topological polar surface area (TPSA) is 58.4 Å². The molecule has 6 heteroatoms. The largest absolute Gasteiger partial charge is 0.361 e. The Kier molecular flexibility index (Phi) is 4.81. The number of hydrogen-bond donors (Lipinski definition) is 1. The maximum atomic E-state index is 12.7. The Bertz CT molecular complexity index is 742. The zero-order valence-corrected chi connectivity index (χ0v) is 14.9. The van der Waals surface area contributed by atoms with Crippen molar-refractivity contribution in [2.45, 2.75) is 45.6 Å². The molecular weight excluding hydrogens is 326 g/mol. The summed E-state index contributed by atoms with van der Waals surface area (Å²) in [5.41, 5.74) is 2.54. The first-order chi connectivity index (χ1) is 11.5. The van der Waals surface area contributed by atoms with Crippen molar-refractivity contribution >= 4 is 23.3 Å². The highest BCUT2D eigenvalue weighted by atomic mass is 35.5. The van der Waals surface area contributed by atoms with E-state index >= 15 is 0 Å². The first-order valence-electron chi connectivity index (χ1n) is 8.26. The lowest BCUT2D eigenvalue weighted by atomic mass is 10.1. The second-order valence-corrected chi connectivity index (χ2v) is 6.99. The van der Waals surface area contributed by atoms with Gasteiger partial charge in [-0.05, 0) is 37.5 Å². The summed E-state index contributed by atoms with van der Waals surface area (Å²) < 4.78 is 5.39. The molecule has 1 atom stereocenters. The molecule has 0 unspecified atom stereocenters. The molecule has 1 N–H and O–H groups in total. The van der Waals surface area contributed by atoms with Crippen molar-refractivity contribution < 1.29 is 9.32 Å². The van der Waals surface area contributed by atoms with E-state index in [1.165, 1.54) is 0 Å². The van der Waals surface area contributed by atoms with Crippen LogP contribution in [0.25, 0.3) is 0 Å². The fourth-order valence-electron chi connectivity index (χ4n) is 2.97. The minimum absolute atomic E-state index is 0.0410. The van der Waals surface area contributed by atoms with Gasteiger partial charge in [0.1, 0.15) is 11.5 Å². The number of halogens is 1. The van der Waals surface area contributed by atoms with Crippen LogP contribution in [0.3, 0.4) is 0 Å². The maximum Gasteiger partial charge on any atom is 0.322 e. The maximum absolute atomic E-state index is 12.7. The molecule has 3 rings (SSSR count). The Morgan fingerprint density at radius 3 is 2.92 bits per heavy atom. The average molecular weight is 348 g/mol. The fraction of sp³-hybridized carbons (Fsp3) is 0.444. The molecule has 0 bridgehead atoms. The van der Waals surface area contributed by atoms with Crippen LogP contribution in [-0.2, 0) is 0 Å². The Labute approximate surface area is 147 Å². The van der Waals surface area contributed by atoms with E-state index in [0.717, 1.165) is 35.5 Å². The summed E-state index contributed by atoms with van der Waals surface area (Å²) in [5, 5.41) is 7.74. The van der Waals surface area contributed by atoms with Gasteiger partial charge in [-0.25, -0.2) is 4.79 Å². The van der Waals surface area contributed by atoms with Crippen LogP contribution in [0.15, 0.2) is 28.8 Å². The molecule has 24 heavy (non-hydrogen) atoms. The molecule has 2 heterocycles. The van der Waals surface area contributed by atoms with Crippen molar-refractivity contribution in [2.24, 2.45) is 0 Å². The molecule has 0 radical (unpaired) electrons. The predicted octanol–water partition coefficient (Wildman–Crippen LogP) is 5.13. The third-order valence-electron chi connectivity index (χ3n) is 4.41. The number of amides is 2. The molecule has 1 aromatic heterocycles. The summed E-state index contributed by atoms with van der Waals surface area (Å²) in [6.07, 6.45) is 1.85. The quantitative estimate of drug-likeness (QED) is 0.837. The van der Waals surface area contributed by atoms with Gasteiger partial charge >= 0.3 is 6.03 Å². The number of aromatic nitrogens is 1. The van der Waals surface area contributed by atoms with Gasteiger partial charge in [0.15, 0.2) is 0 Å². The van der Waals surface area contributed by atoms with E-state index in [9.17, 15) is 4.79 Å². The molecule has 1 aromatic carbocycles. The van der Waals surface area contributed by atoms with Crippen LogP contribution in [-0.4, -0.2) is 22.6 Å². The van der Waals surface area contributed by atoms with E-state index in [1.54, 1.807) is 6.07 Å². The van der Waals surface area contributed by atoms with Crippen LogP contribution in [0.4, 0.5) is 10.5 Å². The number of carbonyl (C=O) groups is 1. The molecule has 0 spiro atoms. The number of rotatable bonds is 3. The fourth-order valence-corrected chi connectivity index (χ4v) is 3.14. The van der Waals surface area contributed by atoms with E-state index in [4.69, 9.17) is 16.1 Å². The Hall–Kier alpha value is -2.01. The van der Waals surface area contributed by atoms with E-state index in [1.807, 2.05) is 30.0 Å². The van der Waals surface area contributed by atoms with Gasteiger partial charge in [-0.2, -0.15) is 0 Å². The zero-order chi connectivity index (χ0) is 17.3. The number of likely N-dealkylation sites (tertiary alicyclic amines) is 1. The summed E-state index contributed by atoms with van der Waals surface area (Å²) in [5.74, 6) is 1.13. The van der Waals surface area contributed by atoms with Crippen LogP contribution in [0.2, 0.25) is 5.02 Å². The zero-order valence-electron chi connectivity index (χ0n) is 14.2. The van der Waals surface area contributed by atoms with Gasteiger partial charge in [0, 0.05) is 29.2 Å². The molecule has 5 nitrogen and oxygen atoms in total. The minimum atomic E-state index is -0.128. The second-order valence-electron chi connectivity index (χ2n) is 6.55. The normalized spacial score (nSPS) is 17.5. The van der Waals surface area contributed by atoms with Gasteiger partial charge in [0.05, 0.1) is 6.04 Å². The van der Waals surface area contributed by atoms with E-state index in [2.05, 4.69) is 24.3 Å². The third kappa shape index (κ3) is 3.41. The smallest absolute Gasteiger partial charge is 0.322 e. The van der Waals surface area contributed by atoms with Crippen LogP contribution < -0.4 is 5.32 Å². The van der Waals surface area contributed by atoms with Gasteiger partial charge < -0.3 is 14.7 Å². The minimum Gasteiger partial charge on any atom is -0.361 e. The highest BCUT2D eigenvalue weighted by molar-refractivity contribution is 6.31. The van der Waals surface area contributed by atoms with Crippen LogP contribution in [0.5, 0.6) is 0 Å². The number of aryl methyl sites for hydroxylation is 1. The Morgan fingerprint density at radius 2 is 2.21 bits per heavy atom. The lowest BCUT2D eigenvalue weighted by molar-refractivity contribution is 0.204. The van der Waals surface area contributed by atoms with Gasteiger partial charge in [0.2, 0.25) is 0 Å². The molecule has 1 aliphatic heterocycles. The highest BCUT2D eigenvalue weighted by Gasteiger charge is 2.32. The molecule has 1 fully saturated rings. The number of anilines is 1. The van der Waals surface area contributed by atoms with Crippen molar-refractivity contribution in [3.05, 3.63) is 46.3 Å². The van der Waals surface area contributed by atoms with E-state index in [0.29, 0.717) is 11.6 Å². The summed E-state index contributed by atoms with van der Waals surface area (Å²) in [7, 11) is 0.